The molecule has 24 heavy (non-hydrogen) atoms. The van der Waals surface area contributed by atoms with Crippen LogP contribution in [-0.4, -0.2) is 39.2 Å². The summed E-state index contributed by atoms with van der Waals surface area (Å²) in [5.74, 6) is 0.757. The molecule has 1 aliphatic heterocycles. The lowest BCUT2D eigenvalue weighted by Crippen LogP contribution is -2.48. The van der Waals surface area contributed by atoms with Crippen LogP contribution in [0.25, 0.3) is 5.69 Å². The number of hydrogen-bond donors (Lipinski definition) is 2. The standard InChI is InChI=1S/C16H19FN6O/c1-9(11-7-18-8-11)16(24)19-12-4-5-13(17)14(6-12)23-15(10-2-3-10)20-21-22-23/h4-6,9-11,18H,2-3,7-8H2,1H3,(H,19,24). The minimum atomic E-state index is -0.418. The van der Waals surface area contributed by atoms with Crippen LogP contribution in [0.1, 0.15) is 31.5 Å². The number of anilines is 1. The van der Waals surface area contributed by atoms with Crippen molar-refractivity contribution >= 4 is 11.6 Å². The second-order valence-corrected chi connectivity index (χ2v) is 6.59. The number of nitrogens with zero attached hydrogens (tertiary/aromatic N) is 4. The number of benzene rings is 1. The Hall–Kier alpha value is -2.35. The topological polar surface area (TPSA) is 84.7 Å². The molecule has 2 N–H and O–H groups in total. The molecule has 2 aliphatic rings. The van der Waals surface area contributed by atoms with Gasteiger partial charge < -0.3 is 10.6 Å². The summed E-state index contributed by atoms with van der Waals surface area (Å²) in [5.41, 5.74) is 0.811. The van der Waals surface area contributed by atoms with Gasteiger partial charge in [-0.2, -0.15) is 4.68 Å². The van der Waals surface area contributed by atoms with Crippen LogP contribution in [0.2, 0.25) is 0 Å². The Balaban J connectivity index is 1.57. The number of rotatable bonds is 5. The summed E-state index contributed by atoms with van der Waals surface area (Å²) in [6.45, 7) is 3.63. The highest BCUT2D eigenvalue weighted by Gasteiger charge is 2.31. The van der Waals surface area contributed by atoms with Crippen LogP contribution in [0.5, 0.6) is 0 Å². The van der Waals surface area contributed by atoms with Gasteiger partial charge in [-0.3, -0.25) is 4.79 Å². The van der Waals surface area contributed by atoms with Gasteiger partial charge in [-0.05, 0) is 60.5 Å². The van der Waals surface area contributed by atoms with E-state index in [2.05, 4.69) is 26.2 Å². The summed E-state index contributed by atoms with van der Waals surface area (Å²) in [6.07, 6.45) is 2.04. The molecule has 1 unspecified atom stereocenters. The van der Waals surface area contributed by atoms with Gasteiger partial charge in [0.1, 0.15) is 11.5 Å². The van der Waals surface area contributed by atoms with E-state index in [1.165, 1.54) is 10.7 Å². The van der Waals surface area contributed by atoms with Crippen LogP contribution in [0.3, 0.4) is 0 Å². The largest absolute Gasteiger partial charge is 0.326 e. The maximum atomic E-state index is 14.2. The van der Waals surface area contributed by atoms with Gasteiger partial charge in [0.05, 0.1) is 0 Å². The van der Waals surface area contributed by atoms with Crippen molar-refractivity contribution in [3.05, 3.63) is 29.8 Å². The van der Waals surface area contributed by atoms with E-state index >= 15 is 0 Å². The van der Waals surface area contributed by atoms with E-state index in [0.717, 1.165) is 25.9 Å². The minimum absolute atomic E-state index is 0.0572. The van der Waals surface area contributed by atoms with Crippen molar-refractivity contribution in [1.29, 1.82) is 0 Å². The van der Waals surface area contributed by atoms with Gasteiger partial charge in [0.25, 0.3) is 0 Å². The van der Waals surface area contributed by atoms with Crippen LogP contribution in [-0.2, 0) is 4.79 Å². The third-order valence-electron chi connectivity index (χ3n) is 4.81. The number of nitrogens with one attached hydrogen (secondary N) is 2. The van der Waals surface area contributed by atoms with Gasteiger partial charge in [0, 0.05) is 17.5 Å². The van der Waals surface area contributed by atoms with E-state index in [9.17, 15) is 9.18 Å². The number of tetrazole rings is 1. The van der Waals surface area contributed by atoms with Crippen molar-refractivity contribution in [3.8, 4) is 5.69 Å². The number of amides is 1. The van der Waals surface area contributed by atoms with Crippen molar-refractivity contribution < 1.29 is 9.18 Å². The van der Waals surface area contributed by atoms with Gasteiger partial charge in [-0.1, -0.05) is 6.92 Å². The summed E-state index contributed by atoms with van der Waals surface area (Å²) in [4.78, 5) is 12.3. The summed E-state index contributed by atoms with van der Waals surface area (Å²) < 4.78 is 15.7. The molecule has 2 fully saturated rings. The fraction of sp³-hybridized carbons (Fsp3) is 0.500. The average Bonchev–Trinajstić information content (AvgIpc) is 3.25. The Morgan fingerprint density at radius 2 is 2.21 bits per heavy atom. The third kappa shape index (κ3) is 2.77. The van der Waals surface area contributed by atoms with Crippen molar-refractivity contribution in [3.63, 3.8) is 0 Å². The summed E-state index contributed by atoms with van der Waals surface area (Å²) in [5, 5.41) is 17.6. The summed E-state index contributed by atoms with van der Waals surface area (Å²) in [6, 6.07) is 4.48. The average molecular weight is 330 g/mol. The van der Waals surface area contributed by atoms with E-state index in [4.69, 9.17) is 0 Å². The molecule has 1 aromatic carbocycles. The first kappa shape index (κ1) is 15.2. The van der Waals surface area contributed by atoms with Crippen LogP contribution >= 0.6 is 0 Å². The zero-order valence-electron chi connectivity index (χ0n) is 13.4. The first-order valence-electron chi connectivity index (χ1n) is 8.23. The van der Waals surface area contributed by atoms with Gasteiger partial charge in [0.2, 0.25) is 5.91 Å². The highest BCUT2D eigenvalue weighted by molar-refractivity contribution is 5.92. The number of carbonyl (C=O) groups is 1. The second-order valence-electron chi connectivity index (χ2n) is 6.59. The lowest BCUT2D eigenvalue weighted by Gasteiger charge is -2.31. The number of aromatic nitrogens is 4. The molecule has 126 valence electrons. The van der Waals surface area contributed by atoms with E-state index in [1.807, 2.05) is 6.92 Å². The van der Waals surface area contributed by atoms with Gasteiger partial charge in [0.15, 0.2) is 5.82 Å². The normalized spacial score (nSPS) is 18.9. The van der Waals surface area contributed by atoms with Crippen LogP contribution in [0, 0.1) is 17.7 Å². The first-order valence-corrected chi connectivity index (χ1v) is 8.23. The van der Waals surface area contributed by atoms with Gasteiger partial charge in [-0.25, -0.2) is 4.39 Å². The minimum Gasteiger partial charge on any atom is -0.326 e. The second kappa shape index (κ2) is 5.94. The number of carbonyl (C=O) groups excluding carboxylic acids is 1. The third-order valence-corrected chi connectivity index (χ3v) is 4.81. The SMILES string of the molecule is CC(C(=O)Nc1ccc(F)c(-n2nnnc2C2CC2)c1)C1CNC1. The van der Waals surface area contributed by atoms with Crippen LogP contribution in [0.15, 0.2) is 18.2 Å². The Bertz CT molecular complexity index is 768. The molecule has 2 aromatic rings. The highest BCUT2D eigenvalue weighted by Crippen LogP contribution is 2.39. The predicted octanol–water partition coefficient (Wildman–Crippen LogP) is 1.47. The summed E-state index contributed by atoms with van der Waals surface area (Å²) in [7, 11) is 0. The maximum Gasteiger partial charge on any atom is 0.227 e. The number of halogens is 1. The maximum absolute atomic E-state index is 14.2. The molecular weight excluding hydrogens is 311 g/mol. The molecule has 4 rings (SSSR count). The molecule has 1 atom stereocenters. The van der Waals surface area contributed by atoms with Crippen molar-refractivity contribution in [2.45, 2.75) is 25.7 Å². The zero-order valence-corrected chi connectivity index (χ0v) is 13.4. The predicted molar refractivity (Wildman–Crippen MR) is 85.2 cm³/mol. The highest BCUT2D eigenvalue weighted by atomic mass is 19.1. The Labute approximate surface area is 138 Å². The molecule has 1 saturated carbocycles. The van der Waals surface area contributed by atoms with E-state index in [1.54, 1.807) is 12.1 Å². The lowest BCUT2D eigenvalue weighted by atomic mass is 9.88. The smallest absolute Gasteiger partial charge is 0.227 e. The molecule has 0 radical (unpaired) electrons. The quantitative estimate of drug-likeness (QED) is 0.867. The van der Waals surface area contributed by atoms with Crippen molar-refractivity contribution in [2.75, 3.05) is 18.4 Å². The molecule has 1 aromatic heterocycles. The van der Waals surface area contributed by atoms with Crippen molar-refractivity contribution in [1.82, 2.24) is 25.5 Å². The molecule has 0 spiro atoms. The van der Waals surface area contributed by atoms with E-state index in [0.29, 0.717) is 23.3 Å². The molecule has 7 nitrogen and oxygen atoms in total. The van der Waals surface area contributed by atoms with Gasteiger partial charge >= 0.3 is 0 Å². The molecule has 1 amide bonds. The zero-order chi connectivity index (χ0) is 16.7. The van der Waals surface area contributed by atoms with Crippen molar-refractivity contribution in [2.24, 2.45) is 11.8 Å². The molecular formula is C16H19FN6O. The van der Waals surface area contributed by atoms with E-state index in [-0.39, 0.29) is 17.5 Å². The van der Waals surface area contributed by atoms with E-state index < -0.39 is 5.82 Å². The molecule has 2 heterocycles. The monoisotopic (exact) mass is 330 g/mol. The molecule has 1 saturated heterocycles. The summed E-state index contributed by atoms with van der Waals surface area (Å²) >= 11 is 0. The van der Waals surface area contributed by atoms with Gasteiger partial charge in [-0.15, -0.1) is 5.10 Å². The van der Waals surface area contributed by atoms with Crippen LogP contribution < -0.4 is 10.6 Å². The fourth-order valence-corrected chi connectivity index (χ4v) is 2.85. The number of hydrogen-bond acceptors (Lipinski definition) is 5. The fourth-order valence-electron chi connectivity index (χ4n) is 2.85. The molecule has 1 aliphatic carbocycles. The lowest BCUT2D eigenvalue weighted by molar-refractivity contribution is -0.121. The first-order chi connectivity index (χ1) is 11.6. The molecule has 0 bridgehead atoms. The van der Waals surface area contributed by atoms with Crippen LogP contribution in [0.4, 0.5) is 10.1 Å². The molecule has 8 heteroatoms. The Morgan fingerprint density at radius 3 is 2.88 bits per heavy atom. The Morgan fingerprint density at radius 1 is 1.42 bits per heavy atom. The Kier molecular flexibility index (Phi) is 3.76.